The lowest BCUT2D eigenvalue weighted by Crippen LogP contribution is -2.60. The van der Waals surface area contributed by atoms with Crippen LogP contribution in [0.3, 0.4) is 0 Å². The quantitative estimate of drug-likeness (QED) is 0.764. The summed E-state index contributed by atoms with van der Waals surface area (Å²) in [4.78, 5) is 34.2. The number of nitrogens with zero attached hydrogens (tertiary/aromatic N) is 3. The summed E-state index contributed by atoms with van der Waals surface area (Å²) in [6.07, 6.45) is 5.57. The fraction of sp³-hybridized carbons (Fsp3) is 0.696. The highest BCUT2D eigenvalue weighted by Gasteiger charge is 2.51. The lowest BCUT2D eigenvalue weighted by Gasteiger charge is -2.45. The van der Waals surface area contributed by atoms with E-state index in [1.54, 1.807) is 6.20 Å². The first-order chi connectivity index (χ1) is 13.8. The van der Waals surface area contributed by atoms with Gasteiger partial charge in [0.25, 0.3) is 0 Å². The minimum absolute atomic E-state index is 0.128. The Morgan fingerprint density at radius 2 is 1.93 bits per heavy atom. The molecule has 2 saturated heterocycles. The van der Waals surface area contributed by atoms with Gasteiger partial charge in [-0.3, -0.25) is 19.9 Å². The van der Waals surface area contributed by atoms with Crippen molar-refractivity contribution < 1.29 is 9.59 Å². The number of hydrogen-bond donors (Lipinski definition) is 1. The number of aromatic nitrogens is 1. The van der Waals surface area contributed by atoms with Crippen LogP contribution in [0.2, 0.25) is 0 Å². The number of pyridine rings is 1. The van der Waals surface area contributed by atoms with Crippen LogP contribution in [0.25, 0.3) is 0 Å². The summed E-state index contributed by atoms with van der Waals surface area (Å²) in [6.45, 7) is 10.6. The highest BCUT2D eigenvalue weighted by molar-refractivity contribution is 5.85. The predicted octanol–water partition coefficient (Wildman–Crippen LogP) is 2.84. The molecule has 3 rings (SSSR count). The van der Waals surface area contributed by atoms with Crippen molar-refractivity contribution in [2.45, 2.75) is 71.5 Å². The van der Waals surface area contributed by atoms with Crippen LogP contribution in [0.4, 0.5) is 0 Å². The highest BCUT2D eigenvalue weighted by atomic mass is 16.2. The number of carbonyl (C=O) groups is 2. The molecule has 6 heteroatoms. The van der Waals surface area contributed by atoms with E-state index in [4.69, 9.17) is 0 Å². The summed E-state index contributed by atoms with van der Waals surface area (Å²) in [7, 11) is 0. The van der Waals surface area contributed by atoms with Crippen LogP contribution in [0, 0.1) is 11.8 Å². The number of rotatable bonds is 7. The van der Waals surface area contributed by atoms with Crippen molar-refractivity contribution in [2.24, 2.45) is 11.8 Å². The maximum atomic E-state index is 13.3. The largest absolute Gasteiger partial charge is 0.342 e. The fourth-order valence-electron chi connectivity index (χ4n) is 4.61. The molecule has 29 heavy (non-hydrogen) atoms. The first kappa shape index (κ1) is 21.8. The van der Waals surface area contributed by atoms with Crippen molar-refractivity contribution in [1.29, 1.82) is 0 Å². The molecule has 160 valence electrons. The predicted molar refractivity (Wildman–Crippen MR) is 114 cm³/mol. The zero-order valence-electron chi connectivity index (χ0n) is 18.4. The molecule has 2 amide bonds. The van der Waals surface area contributed by atoms with Crippen molar-refractivity contribution in [3.63, 3.8) is 0 Å². The molecule has 1 aromatic heterocycles. The standard InChI is InChI=1S/C23H36N4O2/c1-17(2)15-20-22(29)27(12-8-19-7-5-6-11-24-19)23(25-20)9-13-26(14-10-23)21(28)16-18(3)4/h5-7,11,17-18,20,25H,8-10,12-16H2,1-4H3/t20-/m0/s1. The summed E-state index contributed by atoms with van der Waals surface area (Å²) in [6, 6.07) is 5.79. The summed E-state index contributed by atoms with van der Waals surface area (Å²) in [5, 5.41) is 3.69. The molecule has 0 saturated carbocycles. The van der Waals surface area contributed by atoms with E-state index in [1.807, 2.05) is 23.1 Å². The lowest BCUT2D eigenvalue weighted by atomic mass is 9.94. The second-order valence-corrected chi connectivity index (χ2v) is 9.40. The van der Waals surface area contributed by atoms with E-state index in [-0.39, 0.29) is 23.5 Å². The summed E-state index contributed by atoms with van der Waals surface area (Å²) < 4.78 is 0. The maximum Gasteiger partial charge on any atom is 0.241 e. The van der Waals surface area contributed by atoms with Crippen molar-refractivity contribution in [3.05, 3.63) is 30.1 Å². The fourth-order valence-corrected chi connectivity index (χ4v) is 4.61. The smallest absolute Gasteiger partial charge is 0.241 e. The van der Waals surface area contributed by atoms with Gasteiger partial charge in [0.15, 0.2) is 0 Å². The molecule has 1 spiro atoms. The van der Waals surface area contributed by atoms with Crippen molar-refractivity contribution in [3.8, 4) is 0 Å². The van der Waals surface area contributed by atoms with Gasteiger partial charge in [-0.25, -0.2) is 0 Å². The molecular formula is C23H36N4O2. The Hall–Kier alpha value is -1.95. The summed E-state index contributed by atoms with van der Waals surface area (Å²) >= 11 is 0. The zero-order valence-corrected chi connectivity index (χ0v) is 18.4. The van der Waals surface area contributed by atoms with Crippen molar-refractivity contribution in [2.75, 3.05) is 19.6 Å². The van der Waals surface area contributed by atoms with E-state index in [2.05, 4.69) is 42.9 Å². The van der Waals surface area contributed by atoms with Gasteiger partial charge in [0.2, 0.25) is 11.8 Å². The number of piperidine rings is 1. The highest BCUT2D eigenvalue weighted by Crippen LogP contribution is 2.34. The van der Waals surface area contributed by atoms with E-state index in [9.17, 15) is 9.59 Å². The monoisotopic (exact) mass is 400 g/mol. The molecule has 0 radical (unpaired) electrons. The number of hydrogen-bond acceptors (Lipinski definition) is 4. The van der Waals surface area contributed by atoms with Crippen LogP contribution in [0.15, 0.2) is 24.4 Å². The SMILES string of the molecule is CC(C)CC(=O)N1CCC2(CC1)N[C@@H](CC(C)C)C(=O)N2CCc1ccccn1. The Balaban J connectivity index is 1.71. The van der Waals surface area contributed by atoms with Gasteiger partial charge in [-0.05, 0) is 30.4 Å². The van der Waals surface area contributed by atoms with Gasteiger partial charge in [0.05, 0.1) is 11.7 Å². The van der Waals surface area contributed by atoms with Gasteiger partial charge in [-0.2, -0.15) is 0 Å². The van der Waals surface area contributed by atoms with Gasteiger partial charge in [-0.15, -0.1) is 0 Å². The van der Waals surface area contributed by atoms with E-state index in [0.717, 1.165) is 31.4 Å². The molecule has 0 aliphatic carbocycles. The average molecular weight is 401 g/mol. The van der Waals surface area contributed by atoms with Crippen LogP contribution in [0.5, 0.6) is 0 Å². The van der Waals surface area contributed by atoms with E-state index < -0.39 is 0 Å². The molecule has 6 nitrogen and oxygen atoms in total. The van der Waals surface area contributed by atoms with Crippen LogP contribution in [-0.4, -0.2) is 57.9 Å². The second kappa shape index (κ2) is 9.24. The Morgan fingerprint density at radius 3 is 2.52 bits per heavy atom. The molecule has 1 atom stereocenters. The van der Waals surface area contributed by atoms with Crippen LogP contribution >= 0.6 is 0 Å². The molecule has 1 aromatic rings. The Labute approximate surface area is 175 Å². The van der Waals surface area contributed by atoms with Crippen LogP contribution < -0.4 is 5.32 Å². The summed E-state index contributed by atoms with van der Waals surface area (Å²) in [5.74, 6) is 1.27. The van der Waals surface area contributed by atoms with Crippen LogP contribution in [-0.2, 0) is 16.0 Å². The van der Waals surface area contributed by atoms with E-state index >= 15 is 0 Å². The molecular weight excluding hydrogens is 364 g/mol. The molecule has 2 aliphatic heterocycles. The molecule has 0 bridgehead atoms. The number of amides is 2. The molecule has 0 aromatic carbocycles. The molecule has 0 unspecified atom stereocenters. The van der Waals surface area contributed by atoms with Gasteiger partial charge in [0.1, 0.15) is 0 Å². The Kier molecular flexibility index (Phi) is 6.93. The maximum absolute atomic E-state index is 13.3. The zero-order chi connectivity index (χ0) is 21.0. The number of carbonyl (C=O) groups excluding carboxylic acids is 2. The Bertz CT molecular complexity index is 696. The van der Waals surface area contributed by atoms with Gasteiger partial charge in [-0.1, -0.05) is 33.8 Å². The molecule has 2 fully saturated rings. The van der Waals surface area contributed by atoms with Crippen molar-refractivity contribution in [1.82, 2.24) is 20.1 Å². The number of likely N-dealkylation sites (tertiary alicyclic amines) is 1. The van der Waals surface area contributed by atoms with Crippen LogP contribution in [0.1, 0.15) is 59.1 Å². The lowest BCUT2D eigenvalue weighted by molar-refractivity contribution is -0.137. The minimum atomic E-state index is -0.333. The molecule has 3 heterocycles. The first-order valence-electron chi connectivity index (χ1n) is 11.1. The average Bonchev–Trinajstić information content (AvgIpc) is 2.91. The van der Waals surface area contributed by atoms with E-state index in [1.165, 1.54) is 0 Å². The van der Waals surface area contributed by atoms with Gasteiger partial charge < -0.3 is 9.80 Å². The van der Waals surface area contributed by atoms with Crippen molar-refractivity contribution >= 4 is 11.8 Å². The topological polar surface area (TPSA) is 65.5 Å². The third-order valence-corrected chi connectivity index (χ3v) is 6.07. The normalized spacial score (nSPS) is 21.6. The second-order valence-electron chi connectivity index (χ2n) is 9.40. The number of nitrogens with one attached hydrogen (secondary N) is 1. The Morgan fingerprint density at radius 1 is 1.21 bits per heavy atom. The molecule has 2 aliphatic rings. The van der Waals surface area contributed by atoms with Gasteiger partial charge >= 0.3 is 0 Å². The van der Waals surface area contributed by atoms with Gasteiger partial charge in [0, 0.05) is 57.2 Å². The first-order valence-corrected chi connectivity index (χ1v) is 11.1. The molecule has 1 N–H and O–H groups in total. The third-order valence-electron chi connectivity index (χ3n) is 6.07. The third kappa shape index (κ3) is 5.16. The minimum Gasteiger partial charge on any atom is -0.342 e. The van der Waals surface area contributed by atoms with E-state index in [0.29, 0.717) is 37.9 Å². The summed E-state index contributed by atoms with van der Waals surface area (Å²) in [5.41, 5.74) is 0.673.